The van der Waals surface area contributed by atoms with E-state index in [4.69, 9.17) is 16.3 Å². The van der Waals surface area contributed by atoms with Gasteiger partial charge >= 0.3 is 0 Å². The molecule has 0 spiro atoms. The summed E-state index contributed by atoms with van der Waals surface area (Å²) in [4.78, 5) is 12.3. The molecule has 98 valence electrons. The van der Waals surface area contributed by atoms with Crippen LogP contribution in [0.2, 0.25) is 5.02 Å². The molecule has 0 aliphatic rings. The number of benzene rings is 2. The minimum atomic E-state index is -0.544. The normalized spacial score (nSPS) is 12.1. The van der Waals surface area contributed by atoms with Gasteiger partial charge < -0.3 is 4.74 Å². The largest absolute Gasteiger partial charge is 0.369 e. The maximum atomic E-state index is 12.3. The van der Waals surface area contributed by atoms with Crippen LogP contribution in [0.3, 0.4) is 0 Å². The van der Waals surface area contributed by atoms with Gasteiger partial charge in [-0.05, 0) is 17.2 Å². The molecule has 3 heteroatoms. The fraction of sp³-hybridized carbons (Fsp3) is 0.188. The lowest BCUT2D eigenvalue weighted by atomic mass is 10.00. The summed E-state index contributed by atoms with van der Waals surface area (Å²) in [7, 11) is 1.54. The van der Waals surface area contributed by atoms with Crippen molar-refractivity contribution in [1.29, 1.82) is 0 Å². The van der Waals surface area contributed by atoms with Gasteiger partial charge in [0.05, 0.1) is 0 Å². The van der Waals surface area contributed by atoms with Crippen molar-refractivity contribution >= 4 is 17.4 Å². The van der Waals surface area contributed by atoms with Crippen LogP contribution >= 0.6 is 11.6 Å². The highest BCUT2D eigenvalue weighted by molar-refractivity contribution is 6.31. The smallest absolute Gasteiger partial charge is 0.170 e. The molecule has 0 fully saturated rings. The van der Waals surface area contributed by atoms with Gasteiger partial charge in [-0.25, -0.2) is 0 Å². The van der Waals surface area contributed by atoms with Gasteiger partial charge in [-0.2, -0.15) is 0 Å². The number of rotatable bonds is 5. The maximum Gasteiger partial charge on any atom is 0.170 e. The highest BCUT2D eigenvalue weighted by Gasteiger charge is 2.20. The van der Waals surface area contributed by atoms with Gasteiger partial charge in [0.1, 0.15) is 6.10 Å². The van der Waals surface area contributed by atoms with E-state index in [1.165, 1.54) is 0 Å². The molecule has 2 nitrogen and oxygen atoms in total. The minimum Gasteiger partial charge on any atom is -0.369 e. The highest BCUT2D eigenvalue weighted by atomic mass is 35.5. The quantitative estimate of drug-likeness (QED) is 0.828. The number of ether oxygens (including phenoxy) is 1. The Bertz CT molecular complexity index is 552. The molecule has 1 atom stereocenters. The minimum absolute atomic E-state index is 0.00167. The first-order valence-corrected chi connectivity index (χ1v) is 6.44. The van der Waals surface area contributed by atoms with E-state index in [9.17, 15) is 4.79 Å². The Kier molecular flexibility index (Phi) is 4.72. The second-order valence-corrected chi connectivity index (χ2v) is 4.67. The van der Waals surface area contributed by atoms with Crippen LogP contribution < -0.4 is 0 Å². The second-order valence-electron chi connectivity index (χ2n) is 4.26. The van der Waals surface area contributed by atoms with Crippen molar-refractivity contribution in [3.63, 3.8) is 0 Å². The number of hydrogen-bond acceptors (Lipinski definition) is 2. The van der Waals surface area contributed by atoms with E-state index in [0.29, 0.717) is 5.02 Å². The molecule has 0 amide bonds. The van der Waals surface area contributed by atoms with E-state index in [0.717, 1.165) is 11.1 Å². The van der Waals surface area contributed by atoms with Crippen LogP contribution in [0.4, 0.5) is 0 Å². The molecular formula is C16H15ClO2. The summed E-state index contributed by atoms with van der Waals surface area (Å²) in [5.74, 6) is 0.00167. The van der Waals surface area contributed by atoms with Gasteiger partial charge in [-0.1, -0.05) is 60.1 Å². The molecule has 0 aliphatic carbocycles. The number of carbonyl (C=O) groups is 1. The molecule has 2 aromatic carbocycles. The zero-order valence-corrected chi connectivity index (χ0v) is 11.4. The first-order chi connectivity index (χ1) is 9.22. The molecule has 19 heavy (non-hydrogen) atoms. The summed E-state index contributed by atoms with van der Waals surface area (Å²) in [6.45, 7) is 0. The Morgan fingerprint density at radius 2 is 1.74 bits per heavy atom. The third-order valence-electron chi connectivity index (χ3n) is 2.95. The number of halogens is 1. The highest BCUT2D eigenvalue weighted by Crippen LogP contribution is 2.22. The van der Waals surface area contributed by atoms with E-state index in [2.05, 4.69) is 0 Å². The van der Waals surface area contributed by atoms with Crippen LogP contribution in [0, 0.1) is 0 Å². The van der Waals surface area contributed by atoms with Gasteiger partial charge in [-0.15, -0.1) is 0 Å². The van der Waals surface area contributed by atoms with Crippen molar-refractivity contribution in [2.45, 2.75) is 12.5 Å². The predicted octanol–water partition coefficient (Wildman–Crippen LogP) is 3.84. The molecule has 0 aliphatic heterocycles. The molecule has 0 heterocycles. The third kappa shape index (κ3) is 3.43. The lowest BCUT2D eigenvalue weighted by molar-refractivity contribution is -0.128. The fourth-order valence-electron chi connectivity index (χ4n) is 2.00. The van der Waals surface area contributed by atoms with Crippen molar-refractivity contribution in [3.05, 3.63) is 70.7 Å². The van der Waals surface area contributed by atoms with Crippen LogP contribution in [0.15, 0.2) is 54.6 Å². The molecular weight excluding hydrogens is 260 g/mol. The Morgan fingerprint density at radius 3 is 2.37 bits per heavy atom. The first-order valence-electron chi connectivity index (χ1n) is 6.06. The average Bonchev–Trinajstić information content (AvgIpc) is 2.43. The van der Waals surface area contributed by atoms with E-state index in [1.54, 1.807) is 13.2 Å². The SMILES string of the molecule is COC(C(=O)Cc1ccccc1Cl)c1ccccc1. The Labute approximate surface area is 118 Å². The van der Waals surface area contributed by atoms with Crippen molar-refractivity contribution in [2.75, 3.05) is 7.11 Å². The molecule has 0 saturated carbocycles. The summed E-state index contributed by atoms with van der Waals surface area (Å²) in [6.07, 6.45) is -0.273. The Morgan fingerprint density at radius 1 is 1.11 bits per heavy atom. The average molecular weight is 275 g/mol. The van der Waals surface area contributed by atoms with Gasteiger partial charge in [0, 0.05) is 18.6 Å². The molecule has 0 bridgehead atoms. The Balaban J connectivity index is 2.17. The summed E-state index contributed by atoms with van der Waals surface area (Å²) >= 11 is 6.07. The number of Topliss-reactive ketones (excluding diaryl/α,β-unsaturated/α-hetero) is 1. The van der Waals surface area contributed by atoms with Crippen molar-refractivity contribution in [2.24, 2.45) is 0 Å². The number of methoxy groups -OCH3 is 1. The molecule has 1 unspecified atom stereocenters. The number of carbonyl (C=O) groups excluding carboxylic acids is 1. The van der Waals surface area contributed by atoms with Crippen LogP contribution in [-0.4, -0.2) is 12.9 Å². The standard InChI is InChI=1S/C16H15ClO2/c1-19-16(12-7-3-2-4-8-12)15(18)11-13-9-5-6-10-14(13)17/h2-10,16H,11H2,1H3. The van der Waals surface area contributed by atoms with E-state index in [1.807, 2.05) is 48.5 Å². The molecule has 2 aromatic rings. The van der Waals surface area contributed by atoms with Crippen LogP contribution in [0.1, 0.15) is 17.2 Å². The predicted molar refractivity (Wildman–Crippen MR) is 76.4 cm³/mol. The zero-order valence-electron chi connectivity index (χ0n) is 10.7. The lowest BCUT2D eigenvalue weighted by Crippen LogP contribution is -2.17. The summed E-state index contributed by atoms with van der Waals surface area (Å²) in [5, 5.41) is 0.610. The van der Waals surface area contributed by atoms with E-state index >= 15 is 0 Å². The lowest BCUT2D eigenvalue weighted by Gasteiger charge is -2.15. The third-order valence-corrected chi connectivity index (χ3v) is 3.32. The molecule has 2 rings (SSSR count). The molecule has 0 aromatic heterocycles. The van der Waals surface area contributed by atoms with E-state index < -0.39 is 6.10 Å². The monoisotopic (exact) mass is 274 g/mol. The molecule has 0 radical (unpaired) electrons. The molecule has 0 N–H and O–H groups in total. The van der Waals surface area contributed by atoms with Gasteiger partial charge in [0.2, 0.25) is 0 Å². The number of hydrogen-bond donors (Lipinski definition) is 0. The summed E-state index contributed by atoms with van der Waals surface area (Å²) in [5.41, 5.74) is 1.69. The summed E-state index contributed by atoms with van der Waals surface area (Å²) in [6, 6.07) is 16.8. The maximum absolute atomic E-state index is 12.3. The van der Waals surface area contributed by atoms with Crippen molar-refractivity contribution in [3.8, 4) is 0 Å². The van der Waals surface area contributed by atoms with E-state index in [-0.39, 0.29) is 12.2 Å². The van der Waals surface area contributed by atoms with Gasteiger partial charge in [-0.3, -0.25) is 4.79 Å². The van der Waals surface area contributed by atoms with Crippen LogP contribution in [0.5, 0.6) is 0 Å². The van der Waals surface area contributed by atoms with Crippen molar-refractivity contribution in [1.82, 2.24) is 0 Å². The van der Waals surface area contributed by atoms with Crippen LogP contribution in [-0.2, 0) is 16.0 Å². The zero-order chi connectivity index (χ0) is 13.7. The molecule has 0 saturated heterocycles. The second kappa shape index (κ2) is 6.50. The summed E-state index contributed by atoms with van der Waals surface area (Å²) < 4.78 is 5.32. The fourth-order valence-corrected chi connectivity index (χ4v) is 2.21. The van der Waals surface area contributed by atoms with Crippen LogP contribution in [0.25, 0.3) is 0 Å². The number of ketones is 1. The van der Waals surface area contributed by atoms with Gasteiger partial charge in [0.25, 0.3) is 0 Å². The Hall–Kier alpha value is -1.64. The van der Waals surface area contributed by atoms with Gasteiger partial charge in [0.15, 0.2) is 5.78 Å². The first kappa shape index (κ1) is 13.8. The van der Waals surface area contributed by atoms with Crippen molar-refractivity contribution < 1.29 is 9.53 Å². The topological polar surface area (TPSA) is 26.3 Å².